The summed E-state index contributed by atoms with van der Waals surface area (Å²) >= 11 is 0. The molecule has 3 unspecified atom stereocenters. The highest BCUT2D eigenvalue weighted by Gasteiger charge is 2.40. The molecule has 0 radical (unpaired) electrons. The van der Waals surface area contributed by atoms with Crippen LogP contribution in [0.5, 0.6) is 0 Å². The number of methoxy groups -OCH3 is 1. The Hall–Kier alpha value is -2.71. The molecule has 0 bridgehead atoms. The number of ether oxygens (including phenoxy) is 3. The van der Waals surface area contributed by atoms with Gasteiger partial charge in [0, 0.05) is 19.1 Å². The van der Waals surface area contributed by atoms with E-state index in [2.05, 4.69) is 35.4 Å². The first kappa shape index (κ1) is 31.8. The van der Waals surface area contributed by atoms with E-state index in [9.17, 15) is 9.59 Å². The Labute approximate surface area is 240 Å². The predicted molar refractivity (Wildman–Crippen MR) is 157 cm³/mol. The number of carbonyl (C=O) groups is 2. The molecule has 3 atom stereocenters. The van der Waals surface area contributed by atoms with Crippen LogP contribution in [0.4, 0.5) is 4.79 Å². The van der Waals surface area contributed by atoms with Crippen molar-refractivity contribution in [3.8, 4) is 0 Å². The number of nitrogens with zero attached hydrogens (tertiary/aromatic N) is 3. The smallest absolute Gasteiger partial charge is 0.409 e. The van der Waals surface area contributed by atoms with Gasteiger partial charge in [0.05, 0.1) is 43.3 Å². The summed E-state index contributed by atoms with van der Waals surface area (Å²) in [5.41, 5.74) is 2.83. The molecule has 1 amide bonds. The molecule has 2 aliphatic heterocycles. The van der Waals surface area contributed by atoms with Gasteiger partial charge in [-0.25, -0.2) is 9.48 Å². The summed E-state index contributed by atoms with van der Waals surface area (Å²) in [6.45, 7) is 5.72. The van der Waals surface area contributed by atoms with E-state index in [-0.39, 0.29) is 37.8 Å². The van der Waals surface area contributed by atoms with Crippen LogP contribution in [-0.2, 0) is 14.2 Å². The number of likely N-dealkylation sites (tertiary alicyclic amines) is 1. The molecule has 3 aliphatic rings. The fraction of sp³-hybridized carbons (Fsp3) is 0.656. The number of hydrogen-bond donors (Lipinski definition) is 0. The van der Waals surface area contributed by atoms with Crippen molar-refractivity contribution in [1.29, 1.82) is 0 Å². The van der Waals surface area contributed by atoms with Crippen LogP contribution in [0, 0.1) is 0 Å². The number of carbonyl (C=O) groups excluding carboxylic acids is 2. The highest BCUT2D eigenvalue weighted by molar-refractivity contribution is 5.76. The summed E-state index contributed by atoms with van der Waals surface area (Å²) < 4.78 is 19.6. The number of aldehydes is 1. The van der Waals surface area contributed by atoms with Gasteiger partial charge in [-0.1, -0.05) is 51.6 Å². The van der Waals surface area contributed by atoms with Gasteiger partial charge in [-0.3, -0.25) is 4.79 Å². The van der Waals surface area contributed by atoms with Crippen LogP contribution in [-0.4, -0.2) is 66.1 Å². The molecule has 1 saturated carbocycles. The molecule has 0 spiro atoms. The topological polar surface area (TPSA) is 82.9 Å². The van der Waals surface area contributed by atoms with Gasteiger partial charge in [0.2, 0.25) is 0 Å². The van der Waals surface area contributed by atoms with E-state index in [1.54, 1.807) is 11.1 Å². The van der Waals surface area contributed by atoms with Crippen LogP contribution >= 0.6 is 0 Å². The van der Waals surface area contributed by atoms with Crippen LogP contribution in [0.15, 0.2) is 36.5 Å². The molecule has 5 rings (SSSR count). The van der Waals surface area contributed by atoms with Crippen LogP contribution in [0.2, 0.25) is 0 Å². The van der Waals surface area contributed by atoms with Gasteiger partial charge in [-0.2, -0.15) is 5.10 Å². The quantitative estimate of drug-likeness (QED) is 0.339. The Balaban J connectivity index is 0.00000144. The Morgan fingerprint density at radius 2 is 1.80 bits per heavy atom. The van der Waals surface area contributed by atoms with Crippen molar-refractivity contribution in [2.75, 3.05) is 26.9 Å². The number of amides is 1. The maximum Gasteiger partial charge on any atom is 0.409 e. The molecule has 1 aliphatic carbocycles. The van der Waals surface area contributed by atoms with Gasteiger partial charge < -0.3 is 19.1 Å². The summed E-state index contributed by atoms with van der Waals surface area (Å²) in [7, 11) is 1.42. The average molecular weight is 556 g/mol. The fourth-order valence-electron chi connectivity index (χ4n) is 6.45. The van der Waals surface area contributed by atoms with Crippen LogP contribution < -0.4 is 0 Å². The van der Waals surface area contributed by atoms with Gasteiger partial charge in [0.1, 0.15) is 6.23 Å². The average Bonchev–Trinajstić information content (AvgIpc) is 3.45. The zero-order valence-electron chi connectivity index (χ0n) is 23.8. The highest BCUT2D eigenvalue weighted by atomic mass is 16.5. The van der Waals surface area contributed by atoms with Gasteiger partial charge >= 0.3 is 6.09 Å². The third kappa shape index (κ3) is 7.32. The first-order valence-electron chi connectivity index (χ1n) is 14.8. The van der Waals surface area contributed by atoms with Crippen molar-refractivity contribution in [3.05, 3.63) is 53.3 Å². The monoisotopic (exact) mass is 555 g/mol. The SMILES string of the molecule is C.CC.COC(=O)N1CCCC(c2c(C=O)cnn2C2CCCCO2)C1COC1CCC(c2ccccc2)CC1. The molecule has 2 saturated heterocycles. The lowest BCUT2D eigenvalue weighted by Crippen LogP contribution is -2.51. The molecule has 1 aromatic carbocycles. The molecule has 8 nitrogen and oxygen atoms in total. The second-order valence-electron chi connectivity index (χ2n) is 10.6. The number of benzene rings is 1. The van der Waals surface area contributed by atoms with Crippen molar-refractivity contribution in [2.45, 2.75) is 109 Å². The van der Waals surface area contributed by atoms with Gasteiger partial charge in [0.15, 0.2) is 6.29 Å². The van der Waals surface area contributed by atoms with E-state index in [0.29, 0.717) is 31.2 Å². The molecule has 222 valence electrons. The molecule has 1 aromatic heterocycles. The maximum atomic E-state index is 12.8. The molecule has 2 aromatic rings. The zero-order valence-corrected chi connectivity index (χ0v) is 23.8. The second-order valence-corrected chi connectivity index (χ2v) is 10.6. The Bertz CT molecular complexity index is 1030. The summed E-state index contributed by atoms with van der Waals surface area (Å²) in [6, 6.07) is 10.5. The Morgan fingerprint density at radius 1 is 1.05 bits per heavy atom. The molecule has 40 heavy (non-hydrogen) atoms. The molecule has 0 N–H and O–H groups in total. The van der Waals surface area contributed by atoms with Crippen LogP contribution in [0.25, 0.3) is 0 Å². The van der Waals surface area contributed by atoms with Crippen molar-refractivity contribution in [1.82, 2.24) is 14.7 Å². The minimum Gasteiger partial charge on any atom is -0.453 e. The predicted octanol–water partition coefficient (Wildman–Crippen LogP) is 7.11. The molecule has 3 fully saturated rings. The molecule has 8 heteroatoms. The second kappa shape index (κ2) is 15.9. The molecular formula is C32H49N3O5. The third-order valence-electron chi connectivity index (χ3n) is 8.41. The summed E-state index contributed by atoms with van der Waals surface area (Å²) in [5, 5.41) is 4.58. The molecule has 3 heterocycles. The first-order chi connectivity index (χ1) is 19.2. The van der Waals surface area contributed by atoms with Gasteiger partial charge in [-0.15, -0.1) is 0 Å². The van der Waals surface area contributed by atoms with E-state index in [0.717, 1.165) is 69.8 Å². The fourth-order valence-corrected chi connectivity index (χ4v) is 6.45. The largest absolute Gasteiger partial charge is 0.453 e. The standard InChI is InChI=1S/C29H39N3O5.C2H6.CH4/c1-35-29(34)31-16-7-10-25(28-23(19-33)18-30-32(28)27-11-5-6-17-36-27)26(31)20-37-24-14-12-22(13-15-24)21-8-3-2-4-9-21;1-2;/h2-4,8-9,18-19,22,24-27H,5-7,10-17,20H2,1H3;1-2H3;1H4. The van der Waals surface area contributed by atoms with E-state index < -0.39 is 0 Å². The molecular weight excluding hydrogens is 506 g/mol. The van der Waals surface area contributed by atoms with Crippen molar-refractivity contribution in [2.24, 2.45) is 0 Å². The van der Waals surface area contributed by atoms with Crippen molar-refractivity contribution < 1.29 is 23.8 Å². The lowest BCUT2D eigenvalue weighted by molar-refractivity contribution is -0.0467. The number of rotatable bonds is 7. The maximum absolute atomic E-state index is 12.8. The van der Waals surface area contributed by atoms with Crippen molar-refractivity contribution >= 4 is 12.4 Å². The zero-order chi connectivity index (χ0) is 27.6. The minimum absolute atomic E-state index is 0. The lowest BCUT2D eigenvalue weighted by atomic mass is 9.82. The summed E-state index contributed by atoms with van der Waals surface area (Å²) in [6.07, 6.45) is 11.0. The van der Waals surface area contributed by atoms with E-state index >= 15 is 0 Å². The van der Waals surface area contributed by atoms with E-state index in [4.69, 9.17) is 14.2 Å². The normalized spacial score (nSPS) is 26.6. The van der Waals surface area contributed by atoms with Crippen molar-refractivity contribution in [3.63, 3.8) is 0 Å². The highest BCUT2D eigenvalue weighted by Crippen LogP contribution is 2.39. The minimum atomic E-state index is -0.348. The Morgan fingerprint density at radius 3 is 2.45 bits per heavy atom. The lowest BCUT2D eigenvalue weighted by Gasteiger charge is -2.42. The Kier molecular flexibility index (Phi) is 12.7. The van der Waals surface area contributed by atoms with Gasteiger partial charge in [0.25, 0.3) is 0 Å². The van der Waals surface area contributed by atoms with Crippen LogP contribution in [0.1, 0.15) is 119 Å². The van der Waals surface area contributed by atoms with Gasteiger partial charge in [-0.05, 0) is 69.3 Å². The first-order valence-corrected chi connectivity index (χ1v) is 14.8. The van der Waals surface area contributed by atoms with E-state index in [1.165, 1.54) is 12.7 Å². The number of piperidine rings is 1. The van der Waals surface area contributed by atoms with Crippen LogP contribution in [0.3, 0.4) is 0 Å². The number of hydrogen-bond acceptors (Lipinski definition) is 6. The third-order valence-corrected chi connectivity index (χ3v) is 8.41. The van der Waals surface area contributed by atoms with E-state index in [1.807, 2.05) is 18.5 Å². The summed E-state index contributed by atoms with van der Waals surface area (Å²) in [4.78, 5) is 26.7. The number of aromatic nitrogens is 2. The summed E-state index contributed by atoms with van der Waals surface area (Å²) in [5.74, 6) is 0.497.